The number of carboxylic acid groups (broad SMARTS) is 2. The van der Waals surface area contributed by atoms with Crippen LogP contribution in [0.4, 0.5) is 0 Å². The average molecular weight is 421 g/mol. The van der Waals surface area contributed by atoms with Crippen LogP contribution in [-0.4, -0.2) is 84.4 Å². The van der Waals surface area contributed by atoms with Gasteiger partial charge in [0.2, 0.25) is 0 Å². The average Bonchev–Trinajstić information content (AvgIpc) is 3.51. The lowest BCUT2D eigenvalue weighted by atomic mass is 10.1. The molecule has 10 nitrogen and oxygen atoms in total. The molecule has 1 unspecified atom stereocenters. The minimum atomic E-state index is -1.13. The first-order chi connectivity index (χ1) is 14.3. The highest BCUT2D eigenvalue weighted by atomic mass is 16.6. The highest BCUT2D eigenvalue weighted by Gasteiger charge is 2.32. The van der Waals surface area contributed by atoms with Crippen LogP contribution >= 0.6 is 0 Å². The Morgan fingerprint density at radius 2 is 1.67 bits per heavy atom. The maximum Gasteiger partial charge on any atom is 0.338 e. The Labute approximate surface area is 172 Å². The second-order valence-corrected chi connectivity index (χ2v) is 6.61. The van der Waals surface area contributed by atoms with Crippen molar-refractivity contribution in [2.24, 2.45) is 0 Å². The lowest BCUT2D eigenvalue weighted by Crippen LogP contribution is -2.33. The highest BCUT2D eigenvalue weighted by molar-refractivity contribution is 5.99. The van der Waals surface area contributed by atoms with Crippen molar-refractivity contribution in [1.82, 2.24) is 4.90 Å². The molecule has 1 aliphatic heterocycles. The first kappa shape index (κ1) is 23.2. The second-order valence-electron chi connectivity index (χ2n) is 6.61. The van der Waals surface area contributed by atoms with Gasteiger partial charge in [0, 0.05) is 12.1 Å². The number of benzene rings is 1. The molecule has 2 rings (SSSR count). The van der Waals surface area contributed by atoms with Gasteiger partial charge < -0.3 is 24.4 Å². The van der Waals surface area contributed by atoms with Gasteiger partial charge >= 0.3 is 17.9 Å². The van der Waals surface area contributed by atoms with Gasteiger partial charge in [-0.3, -0.25) is 19.3 Å². The van der Waals surface area contributed by atoms with E-state index in [4.69, 9.17) is 24.4 Å². The number of aliphatic carboxylic acids is 2. The Hall–Kier alpha value is -3.08. The van der Waals surface area contributed by atoms with E-state index in [0.717, 1.165) is 0 Å². The Morgan fingerprint density at radius 3 is 2.20 bits per heavy atom. The summed E-state index contributed by atoms with van der Waals surface area (Å²) < 4.78 is 15.2. The molecule has 0 saturated carbocycles. The molecule has 1 fully saturated rings. The normalized spacial score (nSPS) is 14.9. The van der Waals surface area contributed by atoms with Crippen molar-refractivity contribution in [3.8, 4) is 0 Å². The number of hydrogen-bond acceptors (Lipinski definition) is 8. The minimum absolute atomic E-state index is 0.00696. The van der Waals surface area contributed by atoms with Crippen LogP contribution in [0.3, 0.4) is 0 Å². The lowest BCUT2D eigenvalue weighted by Gasteiger charge is -2.18. The van der Waals surface area contributed by atoms with Gasteiger partial charge in [0.25, 0.3) is 0 Å². The summed E-state index contributed by atoms with van der Waals surface area (Å²) in [5.41, 5.74) is 1.24. The number of rotatable bonds is 14. The fraction of sp³-hybridized carbons (Fsp3) is 0.400. The number of carbonyl (C=O) groups excluding carboxylic acids is 2. The fourth-order valence-electron chi connectivity index (χ4n) is 2.52. The number of nitrogens with zero attached hydrogens (tertiary/aromatic N) is 1. The number of esters is 1. The molecule has 1 aromatic rings. The molecule has 1 saturated heterocycles. The molecule has 0 radical (unpaired) electrons. The maximum absolute atomic E-state index is 12.0. The van der Waals surface area contributed by atoms with Gasteiger partial charge in [0.1, 0.15) is 12.7 Å². The standard InChI is InChI=1S/C20H23NO9/c1-13(19(26)16-12-30-16)11-28-6-7-29-20(27)15-4-2-14(3-5-15)8-21(9-17(22)23)10-18(24)25/h2-5,16H,1,6-12H2,(H,22,23)(H,24,25). The number of carboxylic acids is 2. The number of ketones is 1. The summed E-state index contributed by atoms with van der Waals surface area (Å²) in [4.78, 5) is 46.6. The molecule has 0 spiro atoms. The molecule has 0 aliphatic carbocycles. The topological polar surface area (TPSA) is 143 Å². The largest absolute Gasteiger partial charge is 0.480 e. The molecule has 0 aromatic heterocycles. The lowest BCUT2D eigenvalue weighted by molar-refractivity contribution is -0.142. The Balaban J connectivity index is 1.73. The van der Waals surface area contributed by atoms with Crippen molar-refractivity contribution in [3.63, 3.8) is 0 Å². The summed E-state index contributed by atoms with van der Waals surface area (Å²) >= 11 is 0. The number of epoxide rings is 1. The van der Waals surface area contributed by atoms with Crippen LogP contribution in [0.15, 0.2) is 36.4 Å². The van der Waals surface area contributed by atoms with Crippen LogP contribution in [0.2, 0.25) is 0 Å². The van der Waals surface area contributed by atoms with Crippen molar-refractivity contribution in [2.45, 2.75) is 12.6 Å². The summed E-state index contributed by atoms with van der Waals surface area (Å²) in [5, 5.41) is 17.7. The van der Waals surface area contributed by atoms with Crippen molar-refractivity contribution in [1.29, 1.82) is 0 Å². The zero-order valence-corrected chi connectivity index (χ0v) is 16.2. The summed E-state index contributed by atoms with van der Waals surface area (Å²) in [5.74, 6) is -3.02. The summed E-state index contributed by atoms with van der Waals surface area (Å²) in [6.07, 6.45) is -0.401. The molecule has 2 N–H and O–H groups in total. The predicted molar refractivity (Wildman–Crippen MR) is 102 cm³/mol. The van der Waals surface area contributed by atoms with E-state index < -0.39 is 37.1 Å². The van der Waals surface area contributed by atoms with E-state index in [1.165, 1.54) is 17.0 Å². The summed E-state index contributed by atoms with van der Waals surface area (Å²) in [7, 11) is 0. The minimum Gasteiger partial charge on any atom is -0.480 e. The Morgan fingerprint density at radius 1 is 1.07 bits per heavy atom. The monoisotopic (exact) mass is 421 g/mol. The van der Waals surface area contributed by atoms with Crippen LogP contribution in [0, 0.1) is 0 Å². The van der Waals surface area contributed by atoms with Gasteiger partial charge in [-0.15, -0.1) is 0 Å². The van der Waals surface area contributed by atoms with Crippen LogP contribution in [0.1, 0.15) is 15.9 Å². The smallest absolute Gasteiger partial charge is 0.338 e. The van der Waals surface area contributed by atoms with Gasteiger partial charge in [-0.2, -0.15) is 0 Å². The van der Waals surface area contributed by atoms with Crippen LogP contribution < -0.4 is 0 Å². The first-order valence-electron chi connectivity index (χ1n) is 9.09. The van der Waals surface area contributed by atoms with Crippen molar-refractivity contribution >= 4 is 23.7 Å². The third-order valence-corrected chi connectivity index (χ3v) is 4.02. The molecule has 30 heavy (non-hydrogen) atoms. The summed E-state index contributed by atoms with van der Waals surface area (Å²) in [6, 6.07) is 6.21. The molecule has 1 aliphatic rings. The zero-order chi connectivity index (χ0) is 22.1. The SMILES string of the molecule is C=C(COCCOC(=O)c1ccc(CN(CC(=O)O)CC(=O)O)cc1)C(=O)C1CO1. The maximum atomic E-state index is 12.0. The molecule has 0 bridgehead atoms. The number of carbonyl (C=O) groups is 4. The van der Waals surface area contributed by atoms with Crippen molar-refractivity contribution in [3.05, 3.63) is 47.5 Å². The van der Waals surface area contributed by atoms with E-state index in [-0.39, 0.29) is 37.7 Å². The fourth-order valence-corrected chi connectivity index (χ4v) is 2.52. The third kappa shape index (κ3) is 8.11. The first-order valence-corrected chi connectivity index (χ1v) is 9.09. The van der Waals surface area contributed by atoms with Gasteiger partial charge in [0.15, 0.2) is 5.78 Å². The van der Waals surface area contributed by atoms with E-state index in [1.54, 1.807) is 12.1 Å². The Bertz CT molecular complexity index is 783. The van der Waals surface area contributed by atoms with E-state index in [9.17, 15) is 19.2 Å². The summed E-state index contributed by atoms with van der Waals surface area (Å²) in [6.45, 7) is 3.44. The molecular weight excluding hydrogens is 398 g/mol. The van der Waals surface area contributed by atoms with Gasteiger partial charge in [0.05, 0.1) is 38.5 Å². The zero-order valence-electron chi connectivity index (χ0n) is 16.2. The van der Waals surface area contributed by atoms with Crippen LogP contribution in [0.25, 0.3) is 0 Å². The molecule has 1 atom stereocenters. The van der Waals surface area contributed by atoms with Crippen LogP contribution in [0.5, 0.6) is 0 Å². The number of Topliss-reactive ketones (excluding diaryl/α,β-unsaturated/α-hetero) is 1. The van der Waals surface area contributed by atoms with E-state index >= 15 is 0 Å². The number of hydrogen-bond donors (Lipinski definition) is 2. The van der Waals surface area contributed by atoms with Gasteiger partial charge in [-0.1, -0.05) is 18.7 Å². The molecule has 10 heteroatoms. The molecular formula is C20H23NO9. The second kappa shape index (κ2) is 11.2. The predicted octanol–water partition coefficient (Wildman–Crippen LogP) is 0.355. The molecule has 162 valence electrons. The van der Waals surface area contributed by atoms with Gasteiger partial charge in [-0.05, 0) is 17.7 Å². The van der Waals surface area contributed by atoms with Gasteiger partial charge in [-0.25, -0.2) is 4.79 Å². The quantitative estimate of drug-likeness (QED) is 0.187. The van der Waals surface area contributed by atoms with E-state index in [2.05, 4.69) is 6.58 Å². The van der Waals surface area contributed by atoms with Crippen molar-refractivity contribution in [2.75, 3.05) is 39.5 Å². The third-order valence-electron chi connectivity index (χ3n) is 4.02. The highest BCUT2D eigenvalue weighted by Crippen LogP contribution is 2.14. The molecule has 1 heterocycles. The molecule has 1 aromatic carbocycles. The number of ether oxygens (including phenoxy) is 3. The van der Waals surface area contributed by atoms with Crippen LogP contribution in [-0.2, 0) is 35.1 Å². The van der Waals surface area contributed by atoms with E-state index in [1.807, 2.05) is 0 Å². The van der Waals surface area contributed by atoms with Crippen molar-refractivity contribution < 1.29 is 43.6 Å². The molecule has 0 amide bonds. The van der Waals surface area contributed by atoms with E-state index in [0.29, 0.717) is 17.7 Å². The Kier molecular flexibility index (Phi) is 8.66.